The van der Waals surface area contributed by atoms with Crippen LogP contribution in [0.2, 0.25) is 0 Å². The number of carbonyl (C=O) groups is 1. The van der Waals surface area contributed by atoms with Gasteiger partial charge in [-0.05, 0) is 11.6 Å². The van der Waals surface area contributed by atoms with Crippen molar-refractivity contribution in [3.05, 3.63) is 47.7 Å². The zero-order valence-electron chi connectivity index (χ0n) is 9.76. The molecule has 3 rings (SSSR count). The Balaban J connectivity index is 1.86. The van der Waals surface area contributed by atoms with Crippen LogP contribution in [0, 0.1) is 0 Å². The third-order valence-corrected chi connectivity index (χ3v) is 3.41. The highest BCUT2D eigenvalue weighted by Gasteiger charge is 2.41. The topological polar surface area (TPSA) is 61.7 Å². The van der Waals surface area contributed by atoms with E-state index in [-0.39, 0.29) is 11.5 Å². The Bertz CT molecular complexity index is 547. The van der Waals surface area contributed by atoms with E-state index in [1.807, 2.05) is 30.3 Å². The van der Waals surface area contributed by atoms with Crippen molar-refractivity contribution in [3.8, 4) is 0 Å². The van der Waals surface area contributed by atoms with Crippen LogP contribution >= 0.6 is 0 Å². The molecular formula is C14H12NO3-. The summed E-state index contributed by atoms with van der Waals surface area (Å²) in [6.45, 7) is 0. The lowest BCUT2D eigenvalue weighted by atomic mass is 9.83. The minimum Gasteiger partial charge on any atom is -0.873 e. The van der Waals surface area contributed by atoms with Crippen molar-refractivity contribution >= 4 is 11.5 Å². The van der Waals surface area contributed by atoms with Crippen molar-refractivity contribution in [2.75, 3.05) is 0 Å². The Morgan fingerprint density at radius 1 is 1.28 bits per heavy atom. The molecule has 0 fully saturated rings. The van der Waals surface area contributed by atoms with Gasteiger partial charge in [-0.1, -0.05) is 41.2 Å². The highest BCUT2D eigenvalue weighted by atomic mass is 16.7. The summed E-state index contributed by atoms with van der Waals surface area (Å²) in [4.78, 5) is 16.6. The molecule has 4 nitrogen and oxygen atoms in total. The Labute approximate surface area is 105 Å². The molecule has 0 saturated heterocycles. The first-order chi connectivity index (χ1) is 8.70. The highest BCUT2D eigenvalue weighted by Crippen LogP contribution is 2.37. The molecule has 2 aliphatic rings. The maximum absolute atomic E-state index is 11.9. The number of hydrogen-bond acceptors (Lipinski definition) is 4. The number of allylic oxidation sites excluding steroid dienone is 1. The monoisotopic (exact) mass is 242 g/mol. The average Bonchev–Trinajstić information content (AvgIpc) is 2.82. The van der Waals surface area contributed by atoms with Gasteiger partial charge in [0.2, 0.25) is 0 Å². The van der Waals surface area contributed by atoms with Crippen LogP contribution in [-0.2, 0) is 9.63 Å². The predicted octanol–water partition coefficient (Wildman–Crippen LogP) is 1.16. The van der Waals surface area contributed by atoms with Crippen molar-refractivity contribution in [1.82, 2.24) is 0 Å². The summed E-state index contributed by atoms with van der Waals surface area (Å²) < 4.78 is 0. The number of nitrogens with zero attached hydrogens (tertiary/aromatic N) is 1. The summed E-state index contributed by atoms with van der Waals surface area (Å²) in [5.74, 6) is -0.379. The molecule has 0 N–H and O–H groups in total. The fourth-order valence-electron chi connectivity index (χ4n) is 2.33. The van der Waals surface area contributed by atoms with Crippen LogP contribution in [0.15, 0.2) is 47.3 Å². The van der Waals surface area contributed by atoms with Crippen molar-refractivity contribution in [2.45, 2.75) is 24.9 Å². The Morgan fingerprint density at radius 2 is 2.06 bits per heavy atom. The van der Waals surface area contributed by atoms with E-state index in [0.29, 0.717) is 19.3 Å². The third-order valence-electron chi connectivity index (χ3n) is 3.41. The molecule has 0 amide bonds. The standard InChI is InChI=1S/C14H13NO3/c16-11-6-7-14(13(17)8-11)9-12(15-18-14)10-4-2-1-3-5-10/h1-5,8,17H,6-7,9H2/p-1. The molecule has 1 atom stereocenters. The molecule has 0 saturated carbocycles. The Hall–Kier alpha value is -2.10. The normalized spacial score (nSPS) is 26.8. The number of ketones is 1. The smallest absolute Gasteiger partial charge is 0.155 e. The zero-order valence-corrected chi connectivity index (χ0v) is 9.76. The summed E-state index contributed by atoms with van der Waals surface area (Å²) in [6, 6.07) is 9.63. The SMILES string of the molecule is O=C1C=C([O-])C2(CC1)CC(c1ccccc1)=NO2. The molecule has 4 heteroatoms. The third kappa shape index (κ3) is 1.70. The molecule has 1 aliphatic heterocycles. The Kier molecular flexibility index (Phi) is 2.44. The highest BCUT2D eigenvalue weighted by molar-refractivity contribution is 6.02. The fraction of sp³-hybridized carbons (Fsp3) is 0.286. The first-order valence-electron chi connectivity index (χ1n) is 5.92. The van der Waals surface area contributed by atoms with Gasteiger partial charge < -0.3 is 9.94 Å². The van der Waals surface area contributed by atoms with Gasteiger partial charge in [0.25, 0.3) is 0 Å². The van der Waals surface area contributed by atoms with Crippen LogP contribution in [0.25, 0.3) is 0 Å². The largest absolute Gasteiger partial charge is 0.873 e. The van der Waals surface area contributed by atoms with E-state index in [0.717, 1.165) is 17.4 Å². The lowest BCUT2D eigenvalue weighted by molar-refractivity contribution is -0.337. The van der Waals surface area contributed by atoms with Gasteiger partial charge in [-0.3, -0.25) is 4.79 Å². The molecule has 0 radical (unpaired) electrons. The molecule has 92 valence electrons. The first kappa shape index (κ1) is 11.0. The number of rotatable bonds is 1. The molecule has 0 bridgehead atoms. The number of carbonyl (C=O) groups excluding carboxylic acids is 1. The lowest BCUT2D eigenvalue weighted by Crippen LogP contribution is -2.41. The van der Waals surface area contributed by atoms with E-state index in [2.05, 4.69) is 5.16 Å². The summed E-state index contributed by atoms with van der Waals surface area (Å²) in [6.07, 6.45) is 2.36. The average molecular weight is 242 g/mol. The molecule has 1 aromatic carbocycles. The van der Waals surface area contributed by atoms with Crippen LogP contribution in [-0.4, -0.2) is 17.1 Å². The van der Waals surface area contributed by atoms with Crippen molar-refractivity contribution in [2.24, 2.45) is 5.16 Å². The molecule has 1 aliphatic carbocycles. The lowest BCUT2D eigenvalue weighted by Gasteiger charge is -2.35. The quantitative estimate of drug-likeness (QED) is 0.742. The summed E-state index contributed by atoms with van der Waals surface area (Å²) in [5.41, 5.74) is 0.796. The Morgan fingerprint density at radius 3 is 2.78 bits per heavy atom. The van der Waals surface area contributed by atoms with E-state index < -0.39 is 5.60 Å². The first-order valence-corrected chi connectivity index (χ1v) is 5.92. The summed E-state index contributed by atoms with van der Waals surface area (Å²) >= 11 is 0. The van der Waals surface area contributed by atoms with Crippen LogP contribution < -0.4 is 5.11 Å². The minimum absolute atomic E-state index is 0.123. The number of benzene rings is 1. The van der Waals surface area contributed by atoms with Crippen molar-refractivity contribution in [1.29, 1.82) is 0 Å². The minimum atomic E-state index is -0.931. The predicted molar refractivity (Wildman–Crippen MR) is 63.7 cm³/mol. The molecule has 1 heterocycles. The van der Waals surface area contributed by atoms with Gasteiger partial charge in [0.15, 0.2) is 11.4 Å². The van der Waals surface area contributed by atoms with Crippen LogP contribution in [0.3, 0.4) is 0 Å². The van der Waals surface area contributed by atoms with E-state index in [9.17, 15) is 9.90 Å². The van der Waals surface area contributed by atoms with Gasteiger partial charge in [0, 0.05) is 19.3 Å². The van der Waals surface area contributed by atoms with Crippen LogP contribution in [0.5, 0.6) is 0 Å². The maximum atomic E-state index is 11.9. The fourth-order valence-corrected chi connectivity index (χ4v) is 2.33. The maximum Gasteiger partial charge on any atom is 0.155 e. The summed E-state index contributed by atoms with van der Waals surface area (Å²) in [5, 5.41) is 16.0. The zero-order chi connectivity index (χ0) is 12.6. The van der Waals surface area contributed by atoms with Crippen molar-refractivity contribution < 1.29 is 14.7 Å². The number of hydrogen-bond donors (Lipinski definition) is 0. The molecule has 1 spiro atoms. The van der Waals surface area contributed by atoms with Gasteiger partial charge in [-0.15, -0.1) is 0 Å². The van der Waals surface area contributed by atoms with E-state index >= 15 is 0 Å². The van der Waals surface area contributed by atoms with Gasteiger partial charge in [-0.25, -0.2) is 0 Å². The molecule has 18 heavy (non-hydrogen) atoms. The van der Waals surface area contributed by atoms with Gasteiger partial charge in [0.05, 0.1) is 5.71 Å². The van der Waals surface area contributed by atoms with E-state index in [4.69, 9.17) is 4.84 Å². The van der Waals surface area contributed by atoms with Gasteiger partial charge in [0.1, 0.15) is 0 Å². The second-order valence-electron chi connectivity index (χ2n) is 4.64. The summed E-state index contributed by atoms with van der Waals surface area (Å²) in [7, 11) is 0. The number of oxime groups is 1. The van der Waals surface area contributed by atoms with Crippen LogP contribution in [0.1, 0.15) is 24.8 Å². The molecule has 1 unspecified atom stereocenters. The molecular weight excluding hydrogens is 230 g/mol. The van der Waals surface area contributed by atoms with Gasteiger partial charge >= 0.3 is 0 Å². The second kappa shape index (κ2) is 3.98. The molecule has 0 aromatic heterocycles. The van der Waals surface area contributed by atoms with Crippen LogP contribution in [0.4, 0.5) is 0 Å². The van der Waals surface area contributed by atoms with E-state index in [1.54, 1.807) is 0 Å². The van der Waals surface area contributed by atoms with Crippen molar-refractivity contribution in [3.63, 3.8) is 0 Å². The van der Waals surface area contributed by atoms with E-state index in [1.165, 1.54) is 0 Å². The molecule has 1 aromatic rings. The van der Waals surface area contributed by atoms with Gasteiger partial charge in [-0.2, -0.15) is 0 Å². The second-order valence-corrected chi connectivity index (χ2v) is 4.64.